The van der Waals surface area contributed by atoms with Crippen LogP contribution in [0.15, 0.2) is 71.9 Å². The molecule has 0 unspecified atom stereocenters. The summed E-state index contributed by atoms with van der Waals surface area (Å²) in [7, 11) is -3.77. The fourth-order valence-corrected chi connectivity index (χ4v) is 4.56. The smallest absolute Gasteiger partial charge is 0.337 e. The fraction of sp³-hybridized carbons (Fsp3) is 0.174. The number of amides is 1. The third kappa shape index (κ3) is 5.19. The van der Waals surface area contributed by atoms with Gasteiger partial charge < -0.3 is 10.4 Å². The summed E-state index contributed by atoms with van der Waals surface area (Å²) in [5, 5.41) is 11.9. The van der Waals surface area contributed by atoms with Gasteiger partial charge in [0.05, 0.1) is 16.1 Å². The van der Waals surface area contributed by atoms with Gasteiger partial charge in [0.1, 0.15) is 0 Å². The Labute approximate surface area is 186 Å². The number of anilines is 1. The highest BCUT2D eigenvalue weighted by molar-refractivity contribution is 7.89. The Balaban J connectivity index is 1.79. The van der Waals surface area contributed by atoms with Gasteiger partial charge in [0.2, 0.25) is 10.0 Å². The zero-order chi connectivity index (χ0) is 23.3. The number of pyridine rings is 1. The Morgan fingerprint density at radius 1 is 1.03 bits per heavy atom. The number of nitrogens with zero attached hydrogens (tertiary/aromatic N) is 2. The average Bonchev–Trinajstić information content (AvgIpc) is 2.79. The number of aromatic nitrogens is 1. The van der Waals surface area contributed by atoms with Crippen molar-refractivity contribution < 1.29 is 23.1 Å². The molecule has 9 heteroatoms. The quantitative estimate of drug-likeness (QED) is 0.539. The number of hydrogen-bond acceptors (Lipinski definition) is 5. The molecule has 32 heavy (non-hydrogen) atoms. The van der Waals surface area contributed by atoms with Gasteiger partial charge in [-0.1, -0.05) is 18.6 Å². The highest BCUT2D eigenvalue weighted by Gasteiger charge is 2.24. The second-order valence-electron chi connectivity index (χ2n) is 7.12. The van der Waals surface area contributed by atoms with E-state index in [1.807, 2.05) is 0 Å². The monoisotopic (exact) mass is 453 g/mol. The highest BCUT2D eigenvalue weighted by atomic mass is 32.2. The molecular weight excluding hydrogens is 430 g/mol. The molecule has 0 radical (unpaired) electrons. The summed E-state index contributed by atoms with van der Waals surface area (Å²) in [6.45, 7) is 3.99. The molecule has 0 aliphatic heterocycles. The first-order valence-electron chi connectivity index (χ1n) is 9.86. The second kappa shape index (κ2) is 9.71. The average molecular weight is 454 g/mol. The van der Waals surface area contributed by atoms with Crippen molar-refractivity contribution in [1.82, 2.24) is 9.29 Å². The van der Waals surface area contributed by atoms with E-state index >= 15 is 0 Å². The summed E-state index contributed by atoms with van der Waals surface area (Å²) >= 11 is 0. The van der Waals surface area contributed by atoms with Gasteiger partial charge in [0, 0.05) is 31.0 Å². The van der Waals surface area contributed by atoms with E-state index in [4.69, 9.17) is 0 Å². The van der Waals surface area contributed by atoms with E-state index < -0.39 is 21.9 Å². The van der Waals surface area contributed by atoms with Crippen molar-refractivity contribution in [1.29, 1.82) is 0 Å². The van der Waals surface area contributed by atoms with E-state index in [2.05, 4.69) is 10.3 Å². The SMILES string of the molecule is CCN(Cc1ccncc1)S(=O)(=O)c1ccc(C(=O)Nc2ccc(C)cc2C(=O)O)cc1. The van der Waals surface area contributed by atoms with Crippen molar-refractivity contribution >= 4 is 27.6 Å². The molecule has 0 fully saturated rings. The molecule has 0 aliphatic carbocycles. The number of carboxylic acid groups (broad SMARTS) is 1. The Hall–Kier alpha value is -3.56. The van der Waals surface area contributed by atoms with Crippen molar-refractivity contribution in [3.8, 4) is 0 Å². The molecule has 3 rings (SSSR count). The van der Waals surface area contributed by atoms with Crippen LogP contribution in [0, 0.1) is 6.92 Å². The van der Waals surface area contributed by atoms with Crippen LogP contribution in [0.5, 0.6) is 0 Å². The molecule has 0 atom stereocenters. The van der Waals surface area contributed by atoms with E-state index in [-0.39, 0.29) is 34.8 Å². The first kappa shape index (κ1) is 23.1. The van der Waals surface area contributed by atoms with Crippen molar-refractivity contribution in [3.05, 3.63) is 89.2 Å². The summed E-state index contributed by atoms with van der Waals surface area (Å²) in [6, 6.07) is 13.7. The van der Waals surface area contributed by atoms with E-state index in [1.54, 1.807) is 44.4 Å². The molecule has 0 spiro atoms. The third-order valence-corrected chi connectivity index (χ3v) is 6.80. The van der Waals surface area contributed by atoms with Crippen LogP contribution >= 0.6 is 0 Å². The largest absolute Gasteiger partial charge is 0.478 e. The fourth-order valence-electron chi connectivity index (χ4n) is 3.12. The van der Waals surface area contributed by atoms with Gasteiger partial charge in [-0.3, -0.25) is 9.78 Å². The van der Waals surface area contributed by atoms with Gasteiger partial charge in [-0.15, -0.1) is 0 Å². The van der Waals surface area contributed by atoms with Crippen molar-refractivity contribution in [2.24, 2.45) is 0 Å². The normalized spacial score (nSPS) is 11.3. The van der Waals surface area contributed by atoms with Crippen molar-refractivity contribution in [2.45, 2.75) is 25.3 Å². The lowest BCUT2D eigenvalue weighted by molar-refractivity contribution is 0.0698. The zero-order valence-electron chi connectivity index (χ0n) is 17.6. The number of sulfonamides is 1. The summed E-state index contributed by atoms with van der Waals surface area (Å²) < 4.78 is 27.4. The van der Waals surface area contributed by atoms with Crippen LogP contribution in [0.4, 0.5) is 5.69 Å². The molecule has 2 aromatic carbocycles. The topological polar surface area (TPSA) is 117 Å². The maximum atomic E-state index is 13.0. The first-order valence-corrected chi connectivity index (χ1v) is 11.3. The minimum Gasteiger partial charge on any atom is -0.478 e. The predicted octanol–water partition coefficient (Wildman–Crippen LogP) is 3.55. The number of nitrogens with one attached hydrogen (secondary N) is 1. The molecule has 0 bridgehead atoms. The lowest BCUT2D eigenvalue weighted by Crippen LogP contribution is -2.30. The number of aromatic carboxylic acids is 1. The maximum Gasteiger partial charge on any atom is 0.337 e. The standard InChI is InChI=1S/C23H23N3O5S/c1-3-26(15-17-10-12-24-13-11-17)32(30,31)19-7-5-18(6-8-19)22(27)25-21-9-4-16(2)14-20(21)23(28)29/h4-14H,3,15H2,1-2H3,(H,25,27)(H,28,29). The third-order valence-electron chi connectivity index (χ3n) is 4.87. The Bertz CT molecular complexity index is 1230. The molecule has 3 aromatic rings. The van der Waals surface area contributed by atoms with Crippen LogP contribution < -0.4 is 5.32 Å². The van der Waals surface area contributed by atoms with Crippen LogP contribution in [-0.4, -0.2) is 41.2 Å². The molecule has 0 saturated carbocycles. The van der Waals surface area contributed by atoms with Crippen molar-refractivity contribution in [2.75, 3.05) is 11.9 Å². The highest BCUT2D eigenvalue weighted by Crippen LogP contribution is 2.21. The van der Waals surface area contributed by atoms with E-state index in [0.717, 1.165) is 11.1 Å². The molecule has 0 aliphatic rings. The molecule has 2 N–H and O–H groups in total. The van der Waals surface area contributed by atoms with Gasteiger partial charge in [-0.25, -0.2) is 13.2 Å². The van der Waals surface area contributed by atoms with Crippen LogP contribution in [0.3, 0.4) is 0 Å². The summed E-state index contributed by atoms with van der Waals surface area (Å²) in [5.41, 5.74) is 1.92. The van der Waals surface area contributed by atoms with Crippen molar-refractivity contribution in [3.63, 3.8) is 0 Å². The van der Waals surface area contributed by atoms with Crippen LogP contribution in [0.1, 0.15) is 38.8 Å². The maximum absolute atomic E-state index is 13.0. The Morgan fingerprint density at radius 2 is 1.69 bits per heavy atom. The lowest BCUT2D eigenvalue weighted by atomic mass is 10.1. The van der Waals surface area contributed by atoms with Gasteiger partial charge in [-0.2, -0.15) is 4.31 Å². The van der Waals surface area contributed by atoms with Gasteiger partial charge in [0.25, 0.3) is 5.91 Å². The molecule has 166 valence electrons. The van der Waals surface area contributed by atoms with Crippen LogP contribution in [0.25, 0.3) is 0 Å². The predicted molar refractivity (Wildman–Crippen MR) is 120 cm³/mol. The number of rotatable bonds is 8. The second-order valence-corrected chi connectivity index (χ2v) is 9.06. The number of carboxylic acids is 1. The molecule has 1 heterocycles. The van der Waals surface area contributed by atoms with E-state index in [9.17, 15) is 23.1 Å². The van der Waals surface area contributed by atoms with E-state index in [0.29, 0.717) is 0 Å². The van der Waals surface area contributed by atoms with Crippen LogP contribution in [0.2, 0.25) is 0 Å². The first-order chi connectivity index (χ1) is 15.2. The Morgan fingerprint density at radius 3 is 2.28 bits per heavy atom. The molecular formula is C23H23N3O5S. The van der Waals surface area contributed by atoms with Gasteiger partial charge in [-0.05, 0) is 61.0 Å². The minimum absolute atomic E-state index is 0.0211. The minimum atomic E-state index is -3.77. The summed E-state index contributed by atoms with van der Waals surface area (Å²) in [4.78, 5) is 28.0. The molecule has 1 aromatic heterocycles. The molecule has 8 nitrogen and oxygen atoms in total. The number of carbonyl (C=O) groups excluding carboxylic acids is 1. The number of aryl methyl sites for hydroxylation is 1. The van der Waals surface area contributed by atoms with Crippen LogP contribution in [-0.2, 0) is 16.6 Å². The Kier molecular flexibility index (Phi) is 7.01. The number of carbonyl (C=O) groups is 2. The molecule has 0 saturated heterocycles. The lowest BCUT2D eigenvalue weighted by Gasteiger charge is -2.20. The summed E-state index contributed by atoms with van der Waals surface area (Å²) in [5.74, 6) is -1.69. The van der Waals surface area contributed by atoms with E-state index in [1.165, 1.54) is 40.7 Å². The zero-order valence-corrected chi connectivity index (χ0v) is 18.5. The van der Waals surface area contributed by atoms with Gasteiger partial charge >= 0.3 is 5.97 Å². The number of benzene rings is 2. The molecule has 1 amide bonds. The van der Waals surface area contributed by atoms with Gasteiger partial charge in [0.15, 0.2) is 0 Å². The number of hydrogen-bond donors (Lipinski definition) is 2. The summed E-state index contributed by atoms with van der Waals surface area (Å²) in [6.07, 6.45) is 3.21.